The zero-order valence-electron chi connectivity index (χ0n) is 41.3. The number of nitrogens with one attached hydrogen (secondary N) is 4. The standard InChI is InChI=1S/C28H39N3O3.C28H37N3O3/c2*1-4-6-7-8-9-10-11-12-13-14-21-16-17-22(30-21)19-24-27(34-5-2)25(28(32)33)26(31-24)23-18-15-20(3)29-23/h15-19,29-30H,4-14H2,1-3H3,(H,32,33);4,15-19,29-30H,1,5-14H2,2-3H3,(H,32,33). The lowest BCUT2D eigenvalue weighted by Gasteiger charge is -2.07. The number of unbranched alkanes of at least 4 members (excludes halogenated alkanes) is 15. The van der Waals surface area contributed by atoms with Crippen molar-refractivity contribution in [1.29, 1.82) is 0 Å². The predicted octanol–water partition coefficient (Wildman–Crippen LogP) is 13.7. The van der Waals surface area contributed by atoms with Gasteiger partial charge in [0, 0.05) is 34.2 Å². The zero-order chi connectivity index (χ0) is 48.7. The minimum Gasteiger partial charge on any atom is -0.491 e. The van der Waals surface area contributed by atoms with Crippen LogP contribution in [0.2, 0.25) is 0 Å². The Morgan fingerprint density at radius 1 is 0.544 bits per heavy atom. The summed E-state index contributed by atoms with van der Waals surface area (Å²) in [4.78, 5) is 46.7. The van der Waals surface area contributed by atoms with E-state index in [1.54, 1.807) is 0 Å². The van der Waals surface area contributed by atoms with Gasteiger partial charge in [0.05, 0.1) is 24.6 Å². The number of allylic oxidation sites excluding steroid dienone is 1. The number of carboxylic acid groups (broad SMARTS) is 2. The molecule has 0 spiro atoms. The van der Waals surface area contributed by atoms with Gasteiger partial charge in [-0.1, -0.05) is 96.5 Å². The summed E-state index contributed by atoms with van der Waals surface area (Å²) in [5, 5.41) is 19.8. The number of H-pyrrole nitrogens is 4. The number of ether oxygens (including phenoxy) is 2. The van der Waals surface area contributed by atoms with Gasteiger partial charge in [0.15, 0.2) is 11.5 Å². The molecule has 68 heavy (non-hydrogen) atoms. The van der Waals surface area contributed by atoms with Gasteiger partial charge < -0.3 is 39.6 Å². The number of aliphatic imine (C=N–C) groups is 2. The summed E-state index contributed by atoms with van der Waals surface area (Å²) in [5.74, 6) is -1.48. The fourth-order valence-electron chi connectivity index (χ4n) is 8.56. The molecule has 6 rings (SSSR count). The Morgan fingerprint density at radius 3 is 1.29 bits per heavy atom. The van der Waals surface area contributed by atoms with Gasteiger partial charge in [-0.3, -0.25) is 0 Å². The molecule has 366 valence electrons. The average molecular weight is 929 g/mol. The van der Waals surface area contributed by atoms with Crippen LogP contribution in [0.25, 0.3) is 12.2 Å². The summed E-state index contributed by atoms with van der Waals surface area (Å²) in [7, 11) is 0. The molecule has 0 unspecified atom stereocenters. The molecule has 4 aromatic heterocycles. The molecular weight excluding hydrogens is 853 g/mol. The van der Waals surface area contributed by atoms with E-state index in [1.807, 2.05) is 82.3 Å². The number of hydrogen-bond donors (Lipinski definition) is 6. The molecule has 2 aliphatic heterocycles. The van der Waals surface area contributed by atoms with Crippen molar-refractivity contribution in [1.82, 2.24) is 19.9 Å². The molecule has 0 saturated heterocycles. The van der Waals surface area contributed by atoms with Crippen molar-refractivity contribution in [3.8, 4) is 0 Å². The lowest BCUT2D eigenvalue weighted by molar-refractivity contribution is -0.133. The summed E-state index contributed by atoms with van der Waals surface area (Å²) in [5.41, 5.74) is 9.42. The molecule has 0 bridgehead atoms. The molecule has 0 aromatic carbocycles. The van der Waals surface area contributed by atoms with E-state index in [-0.39, 0.29) is 11.1 Å². The van der Waals surface area contributed by atoms with Crippen LogP contribution in [-0.2, 0) is 31.9 Å². The summed E-state index contributed by atoms with van der Waals surface area (Å²) in [6.45, 7) is 14.3. The van der Waals surface area contributed by atoms with Gasteiger partial charge in [-0.25, -0.2) is 19.6 Å². The second-order valence-corrected chi connectivity index (χ2v) is 17.7. The van der Waals surface area contributed by atoms with Crippen LogP contribution < -0.4 is 0 Å². The molecule has 0 saturated carbocycles. The summed E-state index contributed by atoms with van der Waals surface area (Å²) < 4.78 is 11.5. The van der Waals surface area contributed by atoms with Crippen LogP contribution in [0.15, 0.2) is 105 Å². The molecule has 12 nitrogen and oxygen atoms in total. The van der Waals surface area contributed by atoms with Gasteiger partial charge >= 0.3 is 11.9 Å². The van der Waals surface area contributed by atoms with Gasteiger partial charge in [0.1, 0.15) is 34.0 Å². The van der Waals surface area contributed by atoms with Crippen LogP contribution >= 0.6 is 0 Å². The summed E-state index contributed by atoms with van der Waals surface area (Å²) in [6.07, 6.45) is 29.6. The van der Waals surface area contributed by atoms with E-state index in [0.717, 1.165) is 48.5 Å². The van der Waals surface area contributed by atoms with Crippen molar-refractivity contribution in [2.24, 2.45) is 9.98 Å². The fourth-order valence-corrected chi connectivity index (χ4v) is 8.56. The molecule has 2 aliphatic rings. The minimum atomic E-state index is -1.05. The first-order valence-corrected chi connectivity index (χ1v) is 25.2. The second-order valence-electron chi connectivity index (χ2n) is 17.7. The number of rotatable bonds is 30. The number of aliphatic carboxylic acids is 2. The molecule has 6 N–H and O–H groups in total. The van der Waals surface area contributed by atoms with Gasteiger partial charge in [0.25, 0.3) is 0 Å². The highest BCUT2D eigenvalue weighted by Crippen LogP contribution is 2.33. The zero-order valence-corrected chi connectivity index (χ0v) is 41.3. The Labute approximate surface area is 404 Å². The second kappa shape index (κ2) is 28.1. The van der Waals surface area contributed by atoms with E-state index in [1.165, 1.54) is 108 Å². The average Bonchev–Trinajstić information content (AvgIpc) is 4.19. The third-order valence-electron chi connectivity index (χ3n) is 12.1. The number of carboxylic acids is 2. The molecule has 4 aromatic rings. The highest BCUT2D eigenvalue weighted by atomic mass is 16.5. The first-order chi connectivity index (χ1) is 33.1. The molecular formula is C56H76N6O6. The van der Waals surface area contributed by atoms with Gasteiger partial charge in [-0.05, 0) is 127 Å². The van der Waals surface area contributed by atoms with Crippen LogP contribution in [0.3, 0.4) is 0 Å². The number of aryl methyl sites for hydroxylation is 4. The molecule has 0 amide bonds. The topological polar surface area (TPSA) is 181 Å². The van der Waals surface area contributed by atoms with Crippen LogP contribution in [0.4, 0.5) is 0 Å². The third kappa shape index (κ3) is 15.9. The van der Waals surface area contributed by atoms with E-state index in [9.17, 15) is 19.8 Å². The highest BCUT2D eigenvalue weighted by Gasteiger charge is 2.33. The Balaban J connectivity index is 0.000000254. The number of aromatic amines is 4. The largest absolute Gasteiger partial charge is 0.491 e. The van der Waals surface area contributed by atoms with Crippen molar-refractivity contribution in [2.75, 3.05) is 13.2 Å². The monoisotopic (exact) mass is 929 g/mol. The fraction of sp³-hybridized carbons (Fsp3) is 0.464. The van der Waals surface area contributed by atoms with E-state index < -0.39 is 11.9 Å². The molecule has 0 atom stereocenters. The Hall–Kier alpha value is -6.30. The Kier molecular flexibility index (Phi) is 21.8. The van der Waals surface area contributed by atoms with Crippen molar-refractivity contribution < 1.29 is 29.3 Å². The summed E-state index contributed by atoms with van der Waals surface area (Å²) in [6, 6.07) is 15.7. The lowest BCUT2D eigenvalue weighted by Crippen LogP contribution is -2.14. The molecule has 12 heteroatoms. The molecule has 6 heterocycles. The van der Waals surface area contributed by atoms with Crippen LogP contribution in [0, 0.1) is 13.8 Å². The maximum absolute atomic E-state index is 12.1. The normalized spacial score (nSPS) is 14.7. The van der Waals surface area contributed by atoms with E-state index >= 15 is 0 Å². The lowest BCUT2D eigenvalue weighted by atomic mass is 10.1. The predicted molar refractivity (Wildman–Crippen MR) is 276 cm³/mol. The smallest absolute Gasteiger partial charge is 0.341 e. The molecule has 0 radical (unpaired) electrons. The third-order valence-corrected chi connectivity index (χ3v) is 12.1. The summed E-state index contributed by atoms with van der Waals surface area (Å²) >= 11 is 0. The molecule has 0 fully saturated rings. The minimum absolute atomic E-state index is 0.0891. The number of carbonyl (C=O) groups is 2. The van der Waals surface area contributed by atoms with Crippen LogP contribution in [-0.4, -0.2) is 66.7 Å². The van der Waals surface area contributed by atoms with Crippen LogP contribution in [0.1, 0.15) is 175 Å². The quantitative estimate of drug-likeness (QED) is 0.0224. The van der Waals surface area contributed by atoms with Crippen LogP contribution in [0.5, 0.6) is 0 Å². The van der Waals surface area contributed by atoms with Gasteiger partial charge in [-0.2, -0.15) is 0 Å². The van der Waals surface area contributed by atoms with E-state index in [4.69, 9.17) is 9.47 Å². The maximum atomic E-state index is 12.1. The number of hydrogen-bond acceptors (Lipinski definition) is 6. The Morgan fingerprint density at radius 2 is 0.941 bits per heavy atom. The first kappa shape index (κ1) is 52.7. The number of nitrogens with zero attached hydrogens (tertiary/aromatic N) is 2. The first-order valence-electron chi connectivity index (χ1n) is 25.2. The van der Waals surface area contributed by atoms with Gasteiger partial charge in [-0.15, -0.1) is 6.58 Å². The highest BCUT2D eigenvalue weighted by molar-refractivity contribution is 6.29. The van der Waals surface area contributed by atoms with Crippen molar-refractivity contribution in [2.45, 2.75) is 157 Å². The molecule has 0 aliphatic carbocycles. The van der Waals surface area contributed by atoms with E-state index in [0.29, 0.717) is 58.9 Å². The van der Waals surface area contributed by atoms with E-state index in [2.05, 4.69) is 55.6 Å². The number of aromatic nitrogens is 4. The van der Waals surface area contributed by atoms with Crippen molar-refractivity contribution in [3.05, 3.63) is 141 Å². The Bertz CT molecular complexity index is 2440. The van der Waals surface area contributed by atoms with Gasteiger partial charge in [0.2, 0.25) is 0 Å². The van der Waals surface area contributed by atoms with Crippen molar-refractivity contribution in [3.63, 3.8) is 0 Å². The maximum Gasteiger partial charge on any atom is 0.341 e. The SMILES string of the molecule is C=CCCCCCCCCCc1ccc(C=C2N=C(c3ccc(C)[nH]3)C(C(=O)O)=C2OCC)[nH]1.CCCCCCCCCCCc1ccc(C=C2N=C(c3ccc(C)[nH]3)C(C(=O)O)=C2OCC)[nH]1. The van der Waals surface area contributed by atoms with Crippen molar-refractivity contribution >= 4 is 35.5 Å².